The van der Waals surface area contributed by atoms with Crippen molar-refractivity contribution >= 4 is 6.01 Å². The Labute approximate surface area is 113 Å². The van der Waals surface area contributed by atoms with Crippen LogP contribution in [-0.2, 0) is 5.41 Å². The van der Waals surface area contributed by atoms with Crippen LogP contribution in [0, 0.1) is 0 Å². The molecule has 3 rings (SSSR count). The van der Waals surface area contributed by atoms with Crippen LogP contribution in [-0.4, -0.2) is 16.2 Å². The van der Waals surface area contributed by atoms with E-state index < -0.39 is 0 Å². The first-order valence-electron chi connectivity index (χ1n) is 6.82. The summed E-state index contributed by atoms with van der Waals surface area (Å²) in [6, 6.07) is 11.3. The van der Waals surface area contributed by atoms with Gasteiger partial charge in [-0.05, 0) is 38.7 Å². The zero-order chi connectivity index (χ0) is 13.3. The van der Waals surface area contributed by atoms with Crippen molar-refractivity contribution in [2.75, 3.05) is 5.32 Å². The van der Waals surface area contributed by atoms with E-state index in [-0.39, 0.29) is 5.41 Å². The van der Waals surface area contributed by atoms with Gasteiger partial charge in [-0.25, -0.2) is 0 Å². The molecule has 0 saturated heterocycles. The molecule has 100 valence electrons. The largest absolute Gasteiger partial charge is 0.407 e. The van der Waals surface area contributed by atoms with Crippen molar-refractivity contribution in [3.05, 3.63) is 41.8 Å². The zero-order valence-electron chi connectivity index (χ0n) is 11.4. The first kappa shape index (κ1) is 12.2. The van der Waals surface area contributed by atoms with Crippen molar-refractivity contribution in [3.8, 4) is 0 Å². The maximum Gasteiger partial charge on any atom is 0.315 e. The SMILES string of the molecule is CC(C)(c1ccccc1)c1nnc(NC2CCC2)o1. The minimum Gasteiger partial charge on any atom is -0.407 e. The van der Waals surface area contributed by atoms with E-state index >= 15 is 0 Å². The molecule has 0 atom stereocenters. The smallest absolute Gasteiger partial charge is 0.315 e. The van der Waals surface area contributed by atoms with E-state index in [1.165, 1.54) is 24.8 Å². The third-order valence-electron chi connectivity index (χ3n) is 3.89. The Hall–Kier alpha value is -1.84. The predicted octanol–water partition coefficient (Wildman–Crippen LogP) is 3.36. The lowest BCUT2D eigenvalue weighted by atomic mass is 9.85. The maximum atomic E-state index is 5.78. The quantitative estimate of drug-likeness (QED) is 0.912. The number of nitrogens with one attached hydrogen (secondary N) is 1. The van der Waals surface area contributed by atoms with E-state index in [0.29, 0.717) is 17.9 Å². The first-order chi connectivity index (χ1) is 9.16. The lowest BCUT2D eigenvalue weighted by Gasteiger charge is -2.25. The molecule has 1 aromatic heterocycles. The topological polar surface area (TPSA) is 51.0 Å². The number of rotatable bonds is 4. The highest BCUT2D eigenvalue weighted by atomic mass is 16.4. The van der Waals surface area contributed by atoms with Crippen LogP contribution in [0.1, 0.15) is 44.6 Å². The van der Waals surface area contributed by atoms with Crippen molar-refractivity contribution < 1.29 is 4.42 Å². The van der Waals surface area contributed by atoms with Crippen LogP contribution in [0.3, 0.4) is 0 Å². The summed E-state index contributed by atoms with van der Waals surface area (Å²) >= 11 is 0. The van der Waals surface area contributed by atoms with E-state index in [9.17, 15) is 0 Å². The standard InChI is InChI=1S/C15H19N3O/c1-15(2,11-7-4-3-5-8-11)13-17-18-14(19-13)16-12-9-6-10-12/h3-5,7-8,12H,6,9-10H2,1-2H3,(H,16,18). The van der Waals surface area contributed by atoms with Gasteiger partial charge in [-0.15, -0.1) is 5.10 Å². The fourth-order valence-corrected chi connectivity index (χ4v) is 2.24. The average Bonchev–Trinajstić information content (AvgIpc) is 2.84. The second-order valence-electron chi connectivity index (χ2n) is 5.68. The summed E-state index contributed by atoms with van der Waals surface area (Å²) < 4.78 is 5.78. The van der Waals surface area contributed by atoms with Gasteiger partial charge in [0.15, 0.2) is 0 Å². The maximum absolute atomic E-state index is 5.78. The molecule has 0 bridgehead atoms. The van der Waals surface area contributed by atoms with Gasteiger partial charge in [-0.3, -0.25) is 0 Å². The molecule has 1 N–H and O–H groups in total. The van der Waals surface area contributed by atoms with Gasteiger partial charge >= 0.3 is 6.01 Å². The highest BCUT2D eigenvalue weighted by Crippen LogP contribution is 2.31. The first-order valence-corrected chi connectivity index (χ1v) is 6.82. The Morgan fingerprint density at radius 1 is 1.16 bits per heavy atom. The lowest BCUT2D eigenvalue weighted by molar-refractivity contribution is 0.397. The van der Waals surface area contributed by atoms with Crippen LogP contribution in [0.5, 0.6) is 0 Å². The Bertz CT molecular complexity index is 544. The lowest BCUT2D eigenvalue weighted by Crippen LogP contribution is -2.27. The summed E-state index contributed by atoms with van der Waals surface area (Å²) in [5, 5.41) is 11.6. The average molecular weight is 257 g/mol. The highest BCUT2D eigenvalue weighted by molar-refractivity contribution is 5.31. The third kappa shape index (κ3) is 2.35. The van der Waals surface area contributed by atoms with E-state index in [0.717, 1.165) is 0 Å². The number of hydrogen-bond acceptors (Lipinski definition) is 4. The van der Waals surface area contributed by atoms with Gasteiger partial charge in [0, 0.05) is 6.04 Å². The minimum absolute atomic E-state index is 0.270. The van der Waals surface area contributed by atoms with Crippen LogP contribution in [0.25, 0.3) is 0 Å². The Balaban J connectivity index is 1.81. The second-order valence-corrected chi connectivity index (χ2v) is 5.68. The Morgan fingerprint density at radius 2 is 1.89 bits per heavy atom. The van der Waals surface area contributed by atoms with Gasteiger partial charge in [-0.1, -0.05) is 35.4 Å². The van der Waals surface area contributed by atoms with Crippen molar-refractivity contribution in [1.29, 1.82) is 0 Å². The summed E-state index contributed by atoms with van der Waals surface area (Å²) in [5.41, 5.74) is 0.905. The summed E-state index contributed by atoms with van der Waals surface area (Å²) in [7, 11) is 0. The molecule has 1 aliphatic rings. The van der Waals surface area contributed by atoms with Crippen molar-refractivity contribution in [1.82, 2.24) is 10.2 Å². The molecule has 0 spiro atoms. The van der Waals surface area contributed by atoms with Gasteiger partial charge in [0.2, 0.25) is 5.89 Å². The van der Waals surface area contributed by atoms with E-state index in [4.69, 9.17) is 4.42 Å². The predicted molar refractivity (Wildman–Crippen MR) is 74.1 cm³/mol. The summed E-state index contributed by atoms with van der Waals surface area (Å²) in [4.78, 5) is 0. The van der Waals surface area contributed by atoms with Gasteiger partial charge in [0.05, 0.1) is 5.41 Å². The van der Waals surface area contributed by atoms with E-state index in [1.807, 2.05) is 18.2 Å². The molecule has 0 radical (unpaired) electrons. The monoisotopic (exact) mass is 257 g/mol. The molecule has 0 amide bonds. The number of nitrogens with zero attached hydrogens (tertiary/aromatic N) is 2. The van der Waals surface area contributed by atoms with E-state index in [1.54, 1.807) is 0 Å². The minimum atomic E-state index is -0.270. The Kier molecular flexibility index (Phi) is 3.01. The van der Waals surface area contributed by atoms with Gasteiger partial charge in [0.25, 0.3) is 0 Å². The molecule has 19 heavy (non-hydrogen) atoms. The fourth-order valence-electron chi connectivity index (χ4n) is 2.24. The zero-order valence-corrected chi connectivity index (χ0v) is 11.4. The van der Waals surface area contributed by atoms with Gasteiger partial charge < -0.3 is 9.73 Å². The van der Waals surface area contributed by atoms with E-state index in [2.05, 4.69) is 41.5 Å². The summed E-state index contributed by atoms with van der Waals surface area (Å²) in [6.07, 6.45) is 3.67. The molecule has 1 fully saturated rings. The number of hydrogen-bond donors (Lipinski definition) is 1. The fraction of sp³-hybridized carbons (Fsp3) is 0.467. The molecule has 0 unspecified atom stereocenters. The van der Waals surface area contributed by atoms with Crippen LogP contribution in [0.4, 0.5) is 6.01 Å². The number of anilines is 1. The van der Waals surface area contributed by atoms with Crippen molar-refractivity contribution in [3.63, 3.8) is 0 Å². The van der Waals surface area contributed by atoms with Crippen LogP contribution in [0.2, 0.25) is 0 Å². The summed E-state index contributed by atoms with van der Waals surface area (Å²) in [5.74, 6) is 0.653. The number of aromatic nitrogens is 2. The summed E-state index contributed by atoms with van der Waals surface area (Å²) in [6.45, 7) is 4.20. The van der Waals surface area contributed by atoms with Gasteiger partial charge in [-0.2, -0.15) is 0 Å². The van der Waals surface area contributed by atoms with Crippen molar-refractivity contribution in [2.45, 2.75) is 44.6 Å². The molecule has 2 aromatic rings. The van der Waals surface area contributed by atoms with Crippen LogP contribution in [0.15, 0.2) is 34.7 Å². The third-order valence-corrected chi connectivity index (χ3v) is 3.89. The molecule has 1 aliphatic carbocycles. The second kappa shape index (κ2) is 4.68. The molecular weight excluding hydrogens is 238 g/mol. The Morgan fingerprint density at radius 3 is 2.53 bits per heavy atom. The van der Waals surface area contributed by atoms with Crippen molar-refractivity contribution in [2.24, 2.45) is 0 Å². The van der Waals surface area contributed by atoms with Crippen LogP contribution >= 0.6 is 0 Å². The van der Waals surface area contributed by atoms with Gasteiger partial charge in [0.1, 0.15) is 0 Å². The highest BCUT2D eigenvalue weighted by Gasteiger charge is 2.30. The molecule has 1 saturated carbocycles. The molecular formula is C15H19N3O. The number of benzene rings is 1. The molecule has 1 aromatic carbocycles. The molecule has 4 nitrogen and oxygen atoms in total. The normalized spacial score (nSPS) is 16.1. The molecule has 4 heteroatoms. The molecule has 0 aliphatic heterocycles. The molecule has 1 heterocycles. The van der Waals surface area contributed by atoms with Crippen LogP contribution < -0.4 is 5.32 Å².